The molecule has 2 heteroatoms. The second kappa shape index (κ2) is 4.98. The van der Waals surface area contributed by atoms with Crippen LogP contribution < -0.4 is 0 Å². The van der Waals surface area contributed by atoms with Crippen LogP contribution in [-0.4, -0.2) is 6.29 Å². The fourth-order valence-electron chi connectivity index (χ4n) is 1.83. The number of carbonyl (C=O) groups excluding carboxylic acids is 1. The van der Waals surface area contributed by atoms with Crippen LogP contribution in [0.5, 0.6) is 0 Å². The van der Waals surface area contributed by atoms with Crippen LogP contribution in [0.15, 0.2) is 49.0 Å². The minimum Gasteiger partial charge on any atom is -0.298 e. The zero-order chi connectivity index (χ0) is 12.3. The van der Waals surface area contributed by atoms with E-state index in [4.69, 9.17) is 11.6 Å². The van der Waals surface area contributed by atoms with Crippen molar-refractivity contribution in [1.29, 1.82) is 0 Å². The Labute approximate surface area is 105 Å². The van der Waals surface area contributed by atoms with E-state index in [-0.39, 0.29) is 0 Å². The quantitative estimate of drug-likeness (QED) is 0.726. The minimum absolute atomic E-state index is 0.623. The Morgan fingerprint density at radius 2 is 1.71 bits per heavy atom. The Morgan fingerprint density at radius 1 is 1.00 bits per heavy atom. The highest BCUT2D eigenvalue weighted by Gasteiger charge is 2.09. The van der Waals surface area contributed by atoms with Crippen molar-refractivity contribution in [1.82, 2.24) is 0 Å². The Morgan fingerprint density at radius 3 is 2.35 bits per heavy atom. The predicted molar refractivity (Wildman–Crippen MR) is 72.4 cm³/mol. The topological polar surface area (TPSA) is 17.1 Å². The molecule has 0 saturated heterocycles. The first-order valence-corrected chi connectivity index (χ1v) is 5.61. The maximum Gasteiger partial charge on any atom is 0.150 e. The van der Waals surface area contributed by atoms with Gasteiger partial charge >= 0.3 is 0 Å². The van der Waals surface area contributed by atoms with E-state index >= 15 is 0 Å². The third-order valence-corrected chi connectivity index (χ3v) is 2.96. The first-order chi connectivity index (χ1) is 8.27. The van der Waals surface area contributed by atoms with Gasteiger partial charge in [-0.15, -0.1) is 0 Å². The van der Waals surface area contributed by atoms with E-state index in [1.807, 2.05) is 36.4 Å². The third kappa shape index (κ3) is 2.15. The predicted octanol–water partition coefficient (Wildman–Crippen LogP) is 4.46. The number of hydrogen-bond acceptors (Lipinski definition) is 1. The van der Waals surface area contributed by atoms with Crippen LogP contribution in [0.4, 0.5) is 0 Å². The lowest BCUT2D eigenvalue weighted by Crippen LogP contribution is -1.90. The monoisotopic (exact) mass is 242 g/mol. The zero-order valence-corrected chi connectivity index (χ0v) is 9.95. The Balaban J connectivity index is 2.72. The SMILES string of the molecule is C=Cc1c(C=O)cccc1-c1ccccc1Cl. The molecule has 0 aromatic heterocycles. The van der Waals surface area contributed by atoms with Gasteiger partial charge in [0.05, 0.1) is 0 Å². The van der Waals surface area contributed by atoms with Crippen molar-refractivity contribution in [3.8, 4) is 11.1 Å². The molecule has 2 aromatic rings. The molecule has 0 aliphatic heterocycles. The molecule has 0 aliphatic rings. The van der Waals surface area contributed by atoms with Gasteiger partial charge in [-0.1, -0.05) is 60.7 Å². The summed E-state index contributed by atoms with van der Waals surface area (Å²) in [5.74, 6) is 0. The molecule has 0 atom stereocenters. The van der Waals surface area contributed by atoms with Crippen LogP contribution in [0, 0.1) is 0 Å². The molecule has 2 rings (SSSR count). The van der Waals surface area contributed by atoms with Gasteiger partial charge in [-0.05, 0) is 17.2 Å². The lowest BCUT2D eigenvalue weighted by atomic mass is 9.96. The standard InChI is InChI=1S/C15H11ClO/c1-2-12-11(10-17)6-5-8-13(12)14-7-3-4-9-15(14)16/h2-10H,1H2. The van der Waals surface area contributed by atoms with Crippen molar-refractivity contribution in [2.45, 2.75) is 0 Å². The molecule has 0 unspecified atom stereocenters. The summed E-state index contributed by atoms with van der Waals surface area (Å²) in [7, 11) is 0. The summed E-state index contributed by atoms with van der Waals surface area (Å²) in [5, 5.41) is 0.665. The maximum atomic E-state index is 11.0. The summed E-state index contributed by atoms with van der Waals surface area (Å²) in [5.41, 5.74) is 3.27. The van der Waals surface area contributed by atoms with Crippen molar-refractivity contribution < 1.29 is 4.79 Å². The van der Waals surface area contributed by atoms with Gasteiger partial charge in [-0.25, -0.2) is 0 Å². The van der Waals surface area contributed by atoms with Crippen LogP contribution in [0.1, 0.15) is 15.9 Å². The van der Waals surface area contributed by atoms with Crippen molar-refractivity contribution in [3.05, 3.63) is 65.2 Å². The summed E-state index contributed by atoms with van der Waals surface area (Å²) >= 11 is 6.16. The number of carbonyl (C=O) groups is 1. The third-order valence-electron chi connectivity index (χ3n) is 2.63. The summed E-state index contributed by atoms with van der Waals surface area (Å²) in [6.45, 7) is 3.75. The van der Waals surface area contributed by atoms with Gasteiger partial charge in [0.25, 0.3) is 0 Å². The highest BCUT2D eigenvalue weighted by Crippen LogP contribution is 2.31. The number of rotatable bonds is 3. The molecule has 0 fully saturated rings. The average Bonchev–Trinajstić information content (AvgIpc) is 2.38. The molecule has 1 nitrogen and oxygen atoms in total. The highest BCUT2D eigenvalue weighted by atomic mass is 35.5. The summed E-state index contributed by atoms with van der Waals surface area (Å²) in [6, 6.07) is 13.1. The second-order valence-corrected chi connectivity index (χ2v) is 4.02. The van der Waals surface area contributed by atoms with E-state index in [1.165, 1.54) is 0 Å². The second-order valence-electron chi connectivity index (χ2n) is 3.61. The fraction of sp³-hybridized carbons (Fsp3) is 0. The van der Waals surface area contributed by atoms with Crippen LogP contribution in [0.3, 0.4) is 0 Å². The van der Waals surface area contributed by atoms with E-state index in [1.54, 1.807) is 12.1 Å². The van der Waals surface area contributed by atoms with Gasteiger partial charge in [-0.2, -0.15) is 0 Å². The molecule has 0 bridgehead atoms. The number of benzene rings is 2. The van der Waals surface area contributed by atoms with Crippen molar-refractivity contribution >= 4 is 24.0 Å². The molecule has 0 spiro atoms. The van der Waals surface area contributed by atoms with Gasteiger partial charge in [0.2, 0.25) is 0 Å². The van der Waals surface area contributed by atoms with Gasteiger partial charge in [0.15, 0.2) is 6.29 Å². The summed E-state index contributed by atoms with van der Waals surface area (Å²) < 4.78 is 0. The van der Waals surface area contributed by atoms with Crippen LogP contribution in [0.2, 0.25) is 5.02 Å². The fourth-order valence-corrected chi connectivity index (χ4v) is 2.07. The summed E-state index contributed by atoms with van der Waals surface area (Å²) in [4.78, 5) is 11.0. The van der Waals surface area contributed by atoms with Gasteiger partial charge in [0, 0.05) is 16.1 Å². The molecule has 17 heavy (non-hydrogen) atoms. The average molecular weight is 243 g/mol. The van der Waals surface area contributed by atoms with E-state index in [0.29, 0.717) is 10.6 Å². The minimum atomic E-state index is 0.623. The Hall–Kier alpha value is -1.86. The molecule has 0 saturated carbocycles. The number of aldehydes is 1. The van der Waals surface area contributed by atoms with Crippen molar-refractivity contribution in [2.24, 2.45) is 0 Å². The summed E-state index contributed by atoms with van der Waals surface area (Å²) in [6.07, 6.45) is 2.51. The zero-order valence-electron chi connectivity index (χ0n) is 9.19. The normalized spacial score (nSPS) is 9.94. The molecular formula is C15H11ClO. The highest BCUT2D eigenvalue weighted by molar-refractivity contribution is 6.33. The first-order valence-electron chi connectivity index (χ1n) is 5.23. The first kappa shape index (κ1) is 11.6. The van der Waals surface area contributed by atoms with Crippen LogP contribution in [-0.2, 0) is 0 Å². The number of hydrogen-bond donors (Lipinski definition) is 0. The van der Waals surface area contributed by atoms with E-state index in [9.17, 15) is 4.79 Å². The molecule has 0 N–H and O–H groups in total. The molecule has 84 valence electrons. The lowest BCUT2D eigenvalue weighted by Gasteiger charge is -2.09. The molecule has 0 amide bonds. The molecule has 2 aromatic carbocycles. The number of halogens is 1. The van der Waals surface area contributed by atoms with E-state index < -0.39 is 0 Å². The molecular weight excluding hydrogens is 232 g/mol. The largest absolute Gasteiger partial charge is 0.298 e. The molecule has 0 radical (unpaired) electrons. The van der Waals surface area contributed by atoms with Gasteiger partial charge in [0.1, 0.15) is 0 Å². The molecule has 0 aliphatic carbocycles. The van der Waals surface area contributed by atoms with Crippen molar-refractivity contribution in [2.75, 3.05) is 0 Å². The maximum absolute atomic E-state index is 11.0. The Bertz CT molecular complexity index is 573. The van der Waals surface area contributed by atoms with E-state index in [0.717, 1.165) is 23.0 Å². The van der Waals surface area contributed by atoms with E-state index in [2.05, 4.69) is 6.58 Å². The Kier molecular flexibility index (Phi) is 3.40. The van der Waals surface area contributed by atoms with Gasteiger partial charge in [-0.3, -0.25) is 4.79 Å². The van der Waals surface area contributed by atoms with Crippen molar-refractivity contribution in [3.63, 3.8) is 0 Å². The van der Waals surface area contributed by atoms with Crippen LogP contribution >= 0.6 is 11.6 Å². The lowest BCUT2D eigenvalue weighted by molar-refractivity contribution is 0.112. The van der Waals surface area contributed by atoms with Gasteiger partial charge < -0.3 is 0 Å². The molecule has 0 heterocycles. The smallest absolute Gasteiger partial charge is 0.150 e. The van der Waals surface area contributed by atoms with Crippen LogP contribution in [0.25, 0.3) is 17.2 Å².